The van der Waals surface area contributed by atoms with Crippen LogP contribution in [-0.2, 0) is 9.59 Å². The molecule has 6 heteroatoms. The zero-order chi connectivity index (χ0) is 12.7. The number of hydrogen-bond donors (Lipinski definition) is 2. The van der Waals surface area contributed by atoms with E-state index in [2.05, 4.69) is 5.32 Å². The van der Waals surface area contributed by atoms with E-state index in [0.717, 1.165) is 30.8 Å². The van der Waals surface area contributed by atoms with Crippen LogP contribution in [-0.4, -0.2) is 46.0 Å². The summed E-state index contributed by atoms with van der Waals surface area (Å²) in [5, 5.41) is 11.6. The van der Waals surface area contributed by atoms with E-state index in [9.17, 15) is 9.59 Å². The van der Waals surface area contributed by atoms with Crippen molar-refractivity contribution >= 4 is 35.4 Å². The van der Waals surface area contributed by atoms with Crippen LogP contribution in [0.3, 0.4) is 0 Å². The molecular weight excluding hydrogens is 258 g/mol. The zero-order valence-corrected chi connectivity index (χ0v) is 11.6. The van der Waals surface area contributed by atoms with Crippen molar-refractivity contribution in [2.24, 2.45) is 0 Å². The molecule has 0 saturated carbocycles. The predicted molar refractivity (Wildman–Crippen MR) is 72.7 cm³/mol. The lowest BCUT2D eigenvalue weighted by Gasteiger charge is -2.22. The molecular formula is C11H19NO3S2. The first kappa shape index (κ1) is 14.7. The van der Waals surface area contributed by atoms with E-state index in [1.807, 2.05) is 6.26 Å². The Bertz CT molecular complexity index is 267. The second kappa shape index (κ2) is 7.87. The van der Waals surface area contributed by atoms with Gasteiger partial charge in [-0.2, -0.15) is 11.8 Å². The Morgan fingerprint density at radius 2 is 2.29 bits per heavy atom. The number of thioether (sulfide) groups is 2. The van der Waals surface area contributed by atoms with Crippen LogP contribution >= 0.6 is 23.5 Å². The average molecular weight is 277 g/mol. The third-order valence-electron chi connectivity index (χ3n) is 2.70. The fourth-order valence-corrected chi connectivity index (χ4v) is 3.38. The van der Waals surface area contributed by atoms with Crippen molar-refractivity contribution < 1.29 is 14.7 Å². The van der Waals surface area contributed by atoms with Gasteiger partial charge in [-0.05, 0) is 37.0 Å². The molecule has 2 unspecified atom stereocenters. The molecule has 0 aromatic carbocycles. The molecule has 1 heterocycles. The Morgan fingerprint density at radius 1 is 1.53 bits per heavy atom. The molecule has 4 nitrogen and oxygen atoms in total. The number of amides is 1. The summed E-state index contributed by atoms with van der Waals surface area (Å²) in [7, 11) is 0. The van der Waals surface area contributed by atoms with Crippen LogP contribution in [0.1, 0.15) is 25.7 Å². The van der Waals surface area contributed by atoms with Gasteiger partial charge in [0, 0.05) is 0 Å². The summed E-state index contributed by atoms with van der Waals surface area (Å²) in [6.07, 6.45) is 5.50. The number of hydrogen-bond acceptors (Lipinski definition) is 4. The fraction of sp³-hybridized carbons (Fsp3) is 0.818. The fourth-order valence-electron chi connectivity index (χ4n) is 1.71. The van der Waals surface area contributed by atoms with Gasteiger partial charge in [0.05, 0.1) is 5.25 Å². The smallest absolute Gasteiger partial charge is 0.326 e. The van der Waals surface area contributed by atoms with E-state index in [1.54, 1.807) is 23.5 Å². The van der Waals surface area contributed by atoms with Gasteiger partial charge in [-0.3, -0.25) is 4.79 Å². The predicted octanol–water partition coefficient (Wildman–Crippen LogP) is 1.59. The minimum Gasteiger partial charge on any atom is -0.480 e. The molecule has 1 aliphatic heterocycles. The maximum Gasteiger partial charge on any atom is 0.326 e. The molecule has 1 amide bonds. The number of carbonyl (C=O) groups excluding carboxylic acids is 1. The minimum atomic E-state index is -0.937. The van der Waals surface area contributed by atoms with E-state index >= 15 is 0 Å². The van der Waals surface area contributed by atoms with Gasteiger partial charge in [0.15, 0.2) is 0 Å². The van der Waals surface area contributed by atoms with E-state index < -0.39 is 12.0 Å². The van der Waals surface area contributed by atoms with Crippen molar-refractivity contribution in [1.82, 2.24) is 5.32 Å². The van der Waals surface area contributed by atoms with Crippen molar-refractivity contribution in [3.63, 3.8) is 0 Å². The van der Waals surface area contributed by atoms with Crippen molar-refractivity contribution in [3.05, 3.63) is 0 Å². The molecule has 0 aromatic rings. The number of rotatable bonds is 6. The number of carbonyl (C=O) groups is 2. The van der Waals surface area contributed by atoms with Crippen molar-refractivity contribution in [2.75, 3.05) is 17.8 Å². The van der Waals surface area contributed by atoms with Crippen LogP contribution in [0.4, 0.5) is 0 Å². The van der Waals surface area contributed by atoms with E-state index in [1.165, 1.54) is 0 Å². The van der Waals surface area contributed by atoms with Gasteiger partial charge in [-0.1, -0.05) is 6.42 Å². The lowest BCUT2D eigenvalue weighted by atomic mass is 10.1. The second-order valence-corrected chi connectivity index (χ2v) is 6.33. The second-order valence-electron chi connectivity index (χ2n) is 4.04. The van der Waals surface area contributed by atoms with E-state index in [-0.39, 0.29) is 11.2 Å². The Balaban J connectivity index is 2.42. The summed E-state index contributed by atoms with van der Waals surface area (Å²) in [5.74, 6) is 0.701. The van der Waals surface area contributed by atoms with Crippen LogP contribution in [0.15, 0.2) is 0 Å². The topological polar surface area (TPSA) is 66.4 Å². The molecule has 1 aliphatic rings. The van der Waals surface area contributed by atoms with Gasteiger partial charge >= 0.3 is 5.97 Å². The molecule has 0 aromatic heterocycles. The van der Waals surface area contributed by atoms with Gasteiger partial charge in [-0.25, -0.2) is 4.79 Å². The number of carboxylic acids is 1. The third kappa shape index (κ3) is 5.21. The van der Waals surface area contributed by atoms with E-state index in [4.69, 9.17) is 5.11 Å². The highest BCUT2D eigenvalue weighted by atomic mass is 32.2. The molecule has 98 valence electrons. The molecule has 1 rings (SSSR count). The Hall–Kier alpha value is -0.360. The molecule has 2 N–H and O–H groups in total. The molecule has 1 fully saturated rings. The molecule has 0 radical (unpaired) electrons. The molecule has 17 heavy (non-hydrogen) atoms. The van der Waals surface area contributed by atoms with Gasteiger partial charge < -0.3 is 10.4 Å². The van der Waals surface area contributed by atoms with Gasteiger partial charge in [0.1, 0.15) is 6.04 Å². The van der Waals surface area contributed by atoms with Crippen LogP contribution in [0.2, 0.25) is 0 Å². The minimum absolute atomic E-state index is 0.0557. The number of carboxylic acid groups (broad SMARTS) is 1. The third-order valence-corrected chi connectivity index (χ3v) is 4.72. The first-order chi connectivity index (χ1) is 8.15. The summed E-state index contributed by atoms with van der Waals surface area (Å²) in [6.45, 7) is 0. The van der Waals surface area contributed by atoms with E-state index in [0.29, 0.717) is 6.42 Å². The number of aliphatic carboxylic acids is 1. The van der Waals surface area contributed by atoms with Crippen LogP contribution in [0, 0.1) is 0 Å². The van der Waals surface area contributed by atoms with Crippen molar-refractivity contribution in [1.29, 1.82) is 0 Å². The molecule has 0 spiro atoms. The number of nitrogens with one attached hydrogen (secondary N) is 1. The monoisotopic (exact) mass is 277 g/mol. The first-order valence-electron chi connectivity index (χ1n) is 5.79. The summed E-state index contributed by atoms with van der Waals surface area (Å²) in [6, 6.07) is -0.738. The normalized spacial score (nSPS) is 21.8. The summed E-state index contributed by atoms with van der Waals surface area (Å²) < 4.78 is 0. The summed E-state index contributed by atoms with van der Waals surface area (Å²) in [5.41, 5.74) is 0. The Labute approximate surface area is 110 Å². The lowest BCUT2D eigenvalue weighted by Crippen LogP contribution is -2.45. The largest absolute Gasteiger partial charge is 0.480 e. The zero-order valence-electron chi connectivity index (χ0n) is 9.98. The van der Waals surface area contributed by atoms with Crippen LogP contribution < -0.4 is 5.32 Å². The maximum atomic E-state index is 11.9. The highest BCUT2D eigenvalue weighted by Gasteiger charge is 2.26. The highest BCUT2D eigenvalue weighted by molar-refractivity contribution is 8.00. The van der Waals surface area contributed by atoms with Crippen molar-refractivity contribution in [3.8, 4) is 0 Å². The Morgan fingerprint density at radius 3 is 2.82 bits per heavy atom. The lowest BCUT2D eigenvalue weighted by molar-refractivity contribution is -0.141. The van der Waals surface area contributed by atoms with Crippen molar-refractivity contribution in [2.45, 2.75) is 37.0 Å². The molecule has 2 atom stereocenters. The Kier molecular flexibility index (Phi) is 6.80. The average Bonchev–Trinajstić information content (AvgIpc) is 2.35. The van der Waals surface area contributed by atoms with Crippen LogP contribution in [0.25, 0.3) is 0 Å². The quantitative estimate of drug-likeness (QED) is 0.772. The molecule has 0 aliphatic carbocycles. The van der Waals surface area contributed by atoms with Crippen LogP contribution in [0.5, 0.6) is 0 Å². The first-order valence-corrected chi connectivity index (χ1v) is 8.23. The maximum absolute atomic E-state index is 11.9. The van der Waals surface area contributed by atoms with Gasteiger partial charge in [0.2, 0.25) is 5.91 Å². The van der Waals surface area contributed by atoms with Gasteiger partial charge in [0.25, 0.3) is 0 Å². The van der Waals surface area contributed by atoms with Gasteiger partial charge in [-0.15, -0.1) is 11.8 Å². The highest BCUT2D eigenvalue weighted by Crippen LogP contribution is 2.25. The molecule has 1 saturated heterocycles. The standard InChI is InChI=1S/C11H19NO3S2/c1-16-7-5-8(11(14)15)12-10(13)9-4-2-3-6-17-9/h8-9H,2-7H2,1H3,(H,12,13)(H,14,15). The summed E-state index contributed by atoms with van der Waals surface area (Å²) >= 11 is 3.23. The SMILES string of the molecule is CSCCC(NC(=O)C1CCCCS1)C(=O)O. The summed E-state index contributed by atoms with van der Waals surface area (Å²) in [4.78, 5) is 22.9. The molecule has 0 bridgehead atoms.